The number of carboxylic acid groups (broad SMARTS) is 1. The lowest BCUT2D eigenvalue weighted by molar-refractivity contribution is -0.133. The smallest absolute Gasteiger partial charge is 0.313 e. The van der Waals surface area contributed by atoms with Crippen LogP contribution in [-0.2, 0) is 4.79 Å². The molecule has 0 aliphatic carbocycles. The van der Waals surface area contributed by atoms with Crippen LogP contribution in [0.5, 0.6) is 0 Å². The predicted octanol–water partition coefficient (Wildman–Crippen LogP) is 4.34. The Bertz CT molecular complexity index is 623. The average Bonchev–Trinajstić information content (AvgIpc) is 2.76. The molecule has 0 aliphatic rings. The van der Waals surface area contributed by atoms with E-state index in [2.05, 4.69) is 39.3 Å². The molecule has 0 amide bonds. The van der Waals surface area contributed by atoms with Gasteiger partial charge in [-0.2, -0.15) is 0 Å². The third-order valence-electron chi connectivity index (χ3n) is 3.25. The molecule has 2 aromatic rings. The summed E-state index contributed by atoms with van der Waals surface area (Å²) >= 11 is 4.73. The van der Waals surface area contributed by atoms with Crippen molar-refractivity contribution in [2.75, 3.05) is 5.75 Å². The van der Waals surface area contributed by atoms with E-state index in [1.54, 1.807) is 0 Å². The first-order chi connectivity index (χ1) is 9.56. The van der Waals surface area contributed by atoms with Crippen molar-refractivity contribution in [2.45, 2.75) is 37.9 Å². The van der Waals surface area contributed by atoms with Crippen molar-refractivity contribution in [3.63, 3.8) is 0 Å². The monoisotopic (exact) mass is 356 g/mol. The molecule has 0 fully saturated rings. The van der Waals surface area contributed by atoms with Crippen LogP contribution in [0.3, 0.4) is 0 Å². The number of benzene rings is 1. The number of carbonyl (C=O) groups is 1. The van der Waals surface area contributed by atoms with E-state index in [0.29, 0.717) is 6.04 Å². The molecule has 20 heavy (non-hydrogen) atoms. The van der Waals surface area contributed by atoms with Gasteiger partial charge in [0.2, 0.25) is 0 Å². The highest BCUT2D eigenvalue weighted by molar-refractivity contribution is 9.10. The lowest BCUT2D eigenvalue weighted by atomic mass is 10.1. The minimum absolute atomic E-state index is 0.0324. The van der Waals surface area contributed by atoms with Crippen LogP contribution in [-0.4, -0.2) is 26.4 Å². The van der Waals surface area contributed by atoms with Gasteiger partial charge in [-0.1, -0.05) is 41.5 Å². The molecule has 1 aromatic heterocycles. The van der Waals surface area contributed by atoms with E-state index < -0.39 is 5.97 Å². The summed E-state index contributed by atoms with van der Waals surface area (Å²) in [6.45, 7) is 4.29. The molecule has 0 radical (unpaired) electrons. The van der Waals surface area contributed by atoms with Crippen LogP contribution >= 0.6 is 27.7 Å². The van der Waals surface area contributed by atoms with Crippen LogP contribution in [0.4, 0.5) is 0 Å². The Hall–Kier alpha value is -1.01. The predicted molar refractivity (Wildman–Crippen MR) is 85.4 cm³/mol. The third-order valence-corrected chi connectivity index (χ3v) is 4.68. The summed E-state index contributed by atoms with van der Waals surface area (Å²) in [5, 5.41) is 9.66. The summed E-state index contributed by atoms with van der Waals surface area (Å²) in [4.78, 5) is 15.4. The second-order valence-corrected chi connectivity index (χ2v) is 6.41. The molecule has 0 spiro atoms. The van der Waals surface area contributed by atoms with Crippen molar-refractivity contribution in [1.29, 1.82) is 0 Å². The quantitative estimate of drug-likeness (QED) is 0.782. The number of imidazole rings is 1. The number of aliphatic carboxylic acids is 1. The minimum Gasteiger partial charge on any atom is -0.481 e. The summed E-state index contributed by atoms with van der Waals surface area (Å²) in [6.07, 6.45) is 2.00. The first-order valence-electron chi connectivity index (χ1n) is 6.58. The Kier molecular flexibility index (Phi) is 5.10. The number of fused-ring (bicyclic) bond motifs is 1. The Morgan fingerprint density at radius 1 is 1.45 bits per heavy atom. The van der Waals surface area contributed by atoms with E-state index in [4.69, 9.17) is 5.11 Å². The van der Waals surface area contributed by atoms with Gasteiger partial charge < -0.3 is 9.67 Å². The van der Waals surface area contributed by atoms with Gasteiger partial charge in [0.05, 0.1) is 16.8 Å². The molecule has 2 rings (SSSR count). The number of nitrogens with zero attached hydrogens (tertiary/aromatic N) is 2. The number of carboxylic acids is 1. The van der Waals surface area contributed by atoms with Crippen molar-refractivity contribution in [2.24, 2.45) is 0 Å². The lowest BCUT2D eigenvalue weighted by Crippen LogP contribution is -2.09. The Morgan fingerprint density at radius 2 is 2.15 bits per heavy atom. The molecule has 0 saturated heterocycles. The van der Waals surface area contributed by atoms with E-state index in [-0.39, 0.29) is 5.75 Å². The number of hydrogen-bond donors (Lipinski definition) is 1. The molecule has 1 aromatic carbocycles. The van der Waals surface area contributed by atoms with Crippen LogP contribution in [0.1, 0.15) is 32.7 Å². The molecule has 0 unspecified atom stereocenters. The van der Waals surface area contributed by atoms with Crippen LogP contribution in [0.2, 0.25) is 0 Å². The minimum atomic E-state index is -0.820. The maximum Gasteiger partial charge on any atom is 0.313 e. The van der Waals surface area contributed by atoms with Gasteiger partial charge in [-0.25, -0.2) is 4.98 Å². The summed E-state index contributed by atoms with van der Waals surface area (Å²) in [5.41, 5.74) is 1.97. The molecule has 0 bridgehead atoms. The van der Waals surface area contributed by atoms with Gasteiger partial charge >= 0.3 is 5.97 Å². The third kappa shape index (κ3) is 3.17. The molecule has 1 heterocycles. The topological polar surface area (TPSA) is 55.1 Å². The standard InChI is InChI=1S/C14H17BrN2O2S/c1-3-10(4-2)17-12-6-5-9(15)7-11(12)16-14(17)20-8-13(18)19/h5-7,10H,3-4,8H2,1-2H3,(H,18,19). The van der Waals surface area contributed by atoms with Gasteiger partial charge in [0.1, 0.15) is 0 Å². The van der Waals surface area contributed by atoms with Crippen LogP contribution < -0.4 is 0 Å². The number of hydrogen-bond acceptors (Lipinski definition) is 3. The van der Waals surface area contributed by atoms with Crippen molar-refractivity contribution in [1.82, 2.24) is 9.55 Å². The Balaban J connectivity index is 2.52. The van der Waals surface area contributed by atoms with Gasteiger partial charge in [0.25, 0.3) is 0 Å². The highest BCUT2D eigenvalue weighted by Gasteiger charge is 2.18. The number of thioether (sulfide) groups is 1. The second kappa shape index (κ2) is 6.63. The fraction of sp³-hybridized carbons (Fsp3) is 0.429. The molecule has 0 aliphatic heterocycles. The van der Waals surface area contributed by atoms with Crippen LogP contribution in [0, 0.1) is 0 Å². The van der Waals surface area contributed by atoms with Gasteiger partial charge in [-0.3, -0.25) is 4.79 Å². The number of rotatable bonds is 6. The van der Waals surface area contributed by atoms with E-state index in [0.717, 1.165) is 33.5 Å². The fourth-order valence-electron chi connectivity index (χ4n) is 2.28. The highest BCUT2D eigenvalue weighted by atomic mass is 79.9. The van der Waals surface area contributed by atoms with Crippen molar-refractivity contribution < 1.29 is 9.90 Å². The van der Waals surface area contributed by atoms with E-state index >= 15 is 0 Å². The Morgan fingerprint density at radius 3 is 2.75 bits per heavy atom. The highest BCUT2D eigenvalue weighted by Crippen LogP contribution is 2.31. The molecule has 0 saturated carbocycles. The summed E-state index contributed by atoms with van der Waals surface area (Å²) < 4.78 is 3.16. The van der Waals surface area contributed by atoms with E-state index in [1.165, 1.54) is 11.8 Å². The van der Waals surface area contributed by atoms with Gasteiger partial charge in [-0.15, -0.1) is 0 Å². The normalized spacial score (nSPS) is 11.4. The SMILES string of the molecule is CCC(CC)n1c(SCC(=O)O)nc2cc(Br)ccc21. The number of aromatic nitrogens is 2. The molecule has 0 atom stereocenters. The van der Waals surface area contributed by atoms with E-state index in [9.17, 15) is 4.79 Å². The molecular formula is C14H17BrN2O2S. The summed E-state index contributed by atoms with van der Waals surface area (Å²) in [5.74, 6) is -0.788. The molecular weight excluding hydrogens is 340 g/mol. The summed E-state index contributed by atoms with van der Waals surface area (Å²) in [6, 6.07) is 6.35. The lowest BCUT2D eigenvalue weighted by Gasteiger charge is -2.18. The van der Waals surface area contributed by atoms with Gasteiger partial charge in [-0.05, 0) is 31.0 Å². The van der Waals surface area contributed by atoms with Gasteiger partial charge in [0.15, 0.2) is 5.16 Å². The van der Waals surface area contributed by atoms with Crippen LogP contribution in [0.15, 0.2) is 27.8 Å². The second-order valence-electron chi connectivity index (χ2n) is 4.55. The molecule has 108 valence electrons. The molecule has 6 heteroatoms. The maximum atomic E-state index is 10.8. The van der Waals surface area contributed by atoms with Crippen molar-refractivity contribution >= 4 is 44.7 Å². The zero-order valence-corrected chi connectivity index (χ0v) is 13.9. The van der Waals surface area contributed by atoms with Gasteiger partial charge in [0, 0.05) is 10.5 Å². The molecule has 1 N–H and O–H groups in total. The Labute approximate surface area is 130 Å². The maximum absolute atomic E-state index is 10.8. The van der Waals surface area contributed by atoms with E-state index in [1.807, 2.05) is 18.2 Å². The largest absolute Gasteiger partial charge is 0.481 e. The van der Waals surface area contributed by atoms with Crippen molar-refractivity contribution in [3.05, 3.63) is 22.7 Å². The summed E-state index contributed by atoms with van der Waals surface area (Å²) in [7, 11) is 0. The molecule has 4 nitrogen and oxygen atoms in total. The fourth-order valence-corrected chi connectivity index (χ4v) is 3.44. The number of halogens is 1. The van der Waals surface area contributed by atoms with Crippen molar-refractivity contribution in [3.8, 4) is 0 Å². The first-order valence-corrected chi connectivity index (χ1v) is 8.36. The average molecular weight is 357 g/mol. The van der Waals surface area contributed by atoms with Crippen LogP contribution in [0.25, 0.3) is 11.0 Å². The zero-order chi connectivity index (χ0) is 14.7. The zero-order valence-electron chi connectivity index (χ0n) is 11.5. The first kappa shape index (κ1) is 15.4.